The van der Waals surface area contributed by atoms with Gasteiger partial charge in [-0.3, -0.25) is 4.79 Å². The highest BCUT2D eigenvalue weighted by molar-refractivity contribution is 6.32. The standard InChI is InChI=1S/C17H19ClN2O2/c18-14-8-13-9(3-4-20-17(13)21)7-15(14)22-16-10-1-2-11(16)6-12(19)5-10/h3-4,7-8,10-12,16H,1-2,5-6,19H2,(H,20,21)/t10-,11+,12+,16+. The van der Waals surface area contributed by atoms with Crippen LogP contribution in [-0.4, -0.2) is 17.1 Å². The number of fused-ring (bicyclic) bond motifs is 3. The van der Waals surface area contributed by atoms with Gasteiger partial charge in [-0.05, 0) is 61.1 Å². The van der Waals surface area contributed by atoms with Crippen LogP contribution in [0.5, 0.6) is 5.75 Å². The minimum Gasteiger partial charge on any atom is -0.488 e. The first-order valence-electron chi connectivity index (χ1n) is 7.85. The van der Waals surface area contributed by atoms with Crippen LogP contribution < -0.4 is 16.0 Å². The summed E-state index contributed by atoms with van der Waals surface area (Å²) in [6.07, 6.45) is 6.29. The third-order valence-corrected chi connectivity index (χ3v) is 5.43. The van der Waals surface area contributed by atoms with Gasteiger partial charge in [0.1, 0.15) is 11.9 Å². The van der Waals surface area contributed by atoms with E-state index in [1.165, 1.54) is 12.8 Å². The molecule has 22 heavy (non-hydrogen) atoms. The van der Waals surface area contributed by atoms with Crippen LogP contribution in [0, 0.1) is 11.8 Å². The molecule has 2 aliphatic rings. The summed E-state index contributed by atoms with van der Waals surface area (Å²) in [6.45, 7) is 0. The predicted molar refractivity (Wildman–Crippen MR) is 87.4 cm³/mol. The molecule has 3 N–H and O–H groups in total. The van der Waals surface area contributed by atoms with E-state index in [-0.39, 0.29) is 11.7 Å². The minimum absolute atomic E-state index is 0.130. The minimum atomic E-state index is -0.130. The van der Waals surface area contributed by atoms with Crippen molar-refractivity contribution in [3.8, 4) is 5.75 Å². The zero-order valence-electron chi connectivity index (χ0n) is 12.2. The topological polar surface area (TPSA) is 68.1 Å². The maximum Gasteiger partial charge on any atom is 0.255 e. The fraction of sp³-hybridized carbons (Fsp3) is 0.471. The lowest BCUT2D eigenvalue weighted by molar-refractivity contribution is 0.0756. The Hall–Kier alpha value is -1.52. The van der Waals surface area contributed by atoms with E-state index in [1.807, 2.05) is 12.1 Å². The molecule has 0 radical (unpaired) electrons. The molecule has 0 saturated heterocycles. The van der Waals surface area contributed by atoms with Gasteiger partial charge in [-0.1, -0.05) is 11.6 Å². The number of halogens is 1. The Bertz CT molecular complexity index is 759. The quantitative estimate of drug-likeness (QED) is 0.894. The lowest BCUT2D eigenvalue weighted by atomic mass is 9.83. The van der Waals surface area contributed by atoms with Gasteiger partial charge in [-0.25, -0.2) is 0 Å². The number of nitrogens with one attached hydrogen (secondary N) is 1. The van der Waals surface area contributed by atoms with E-state index >= 15 is 0 Å². The first-order chi connectivity index (χ1) is 10.6. The summed E-state index contributed by atoms with van der Waals surface area (Å²) in [5.41, 5.74) is 5.98. The Kier molecular flexibility index (Phi) is 3.39. The van der Waals surface area contributed by atoms with Crippen LogP contribution in [0.25, 0.3) is 10.8 Å². The second-order valence-corrected chi connectivity index (χ2v) is 7.00. The summed E-state index contributed by atoms with van der Waals surface area (Å²) in [5.74, 6) is 1.73. The highest BCUT2D eigenvalue weighted by Crippen LogP contribution is 2.44. The average Bonchev–Trinajstić information content (AvgIpc) is 2.72. The zero-order valence-corrected chi connectivity index (χ0v) is 13.0. The molecule has 0 aliphatic heterocycles. The Morgan fingerprint density at radius 1 is 1.23 bits per heavy atom. The molecule has 4 atom stereocenters. The summed E-state index contributed by atoms with van der Waals surface area (Å²) in [4.78, 5) is 14.5. The molecular weight excluding hydrogens is 300 g/mol. The molecule has 2 bridgehead atoms. The highest BCUT2D eigenvalue weighted by atomic mass is 35.5. The molecule has 2 aromatic rings. The molecule has 2 aliphatic carbocycles. The molecular formula is C17H19ClN2O2. The monoisotopic (exact) mass is 318 g/mol. The van der Waals surface area contributed by atoms with Crippen molar-refractivity contribution < 1.29 is 4.74 Å². The lowest BCUT2D eigenvalue weighted by Gasteiger charge is -2.34. The first-order valence-corrected chi connectivity index (χ1v) is 8.23. The van der Waals surface area contributed by atoms with Gasteiger partial charge in [0.25, 0.3) is 5.56 Å². The van der Waals surface area contributed by atoms with E-state index in [9.17, 15) is 4.79 Å². The number of pyridine rings is 1. The number of hydrogen-bond donors (Lipinski definition) is 2. The maximum atomic E-state index is 11.8. The summed E-state index contributed by atoms with van der Waals surface area (Å²) >= 11 is 6.34. The third-order valence-electron chi connectivity index (χ3n) is 5.14. The number of aromatic amines is 1. The third kappa shape index (κ3) is 2.31. The molecule has 4 nitrogen and oxygen atoms in total. The van der Waals surface area contributed by atoms with Gasteiger partial charge in [0.2, 0.25) is 0 Å². The average molecular weight is 319 g/mol. The molecule has 0 spiro atoms. The molecule has 1 heterocycles. The molecule has 0 unspecified atom stereocenters. The lowest BCUT2D eigenvalue weighted by Crippen LogP contribution is -2.40. The van der Waals surface area contributed by atoms with E-state index in [4.69, 9.17) is 22.1 Å². The zero-order chi connectivity index (χ0) is 15.3. The van der Waals surface area contributed by atoms with Crippen molar-refractivity contribution in [2.24, 2.45) is 17.6 Å². The Balaban J connectivity index is 1.67. The van der Waals surface area contributed by atoms with Crippen LogP contribution in [0.1, 0.15) is 25.7 Å². The van der Waals surface area contributed by atoms with Crippen LogP contribution in [0.4, 0.5) is 0 Å². The van der Waals surface area contributed by atoms with E-state index < -0.39 is 0 Å². The number of nitrogens with two attached hydrogens (primary N) is 1. The first kappa shape index (κ1) is 14.1. The number of aromatic nitrogens is 1. The van der Waals surface area contributed by atoms with Crippen LogP contribution in [0.3, 0.4) is 0 Å². The summed E-state index contributed by atoms with van der Waals surface area (Å²) in [7, 11) is 0. The van der Waals surface area contributed by atoms with Crippen LogP contribution in [0.15, 0.2) is 29.2 Å². The fourth-order valence-corrected chi connectivity index (χ4v) is 4.35. The van der Waals surface area contributed by atoms with Crippen molar-refractivity contribution in [3.63, 3.8) is 0 Å². The second kappa shape index (κ2) is 5.28. The summed E-state index contributed by atoms with van der Waals surface area (Å²) < 4.78 is 6.27. The molecule has 1 aromatic heterocycles. The molecule has 0 amide bonds. The maximum absolute atomic E-state index is 11.8. The van der Waals surface area contributed by atoms with Gasteiger partial charge < -0.3 is 15.5 Å². The molecule has 5 heteroatoms. The van der Waals surface area contributed by atoms with Crippen LogP contribution in [0.2, 0.25) is 5.02 Å². The van der Waals surface area contributed by atoms with Crippen LogP contribution in [-0.2, 0) is 0 Å². The molecule has 4 rings (SSSR count). The second-order valence-electron chi connectivity index (χ2n) is 6.59. The van der Waals surface area contributed by atoms with Crippen molar-refractivity contribution in [2.75, 3.05) is 0 Å². The predicted octanol–water partition coefficient (Wildman–Crippen LogP) is 3.08. The normalized spacial score (nSPS) is 30.6. The largest absolute Gasteiger partial charge is 0.488 e. The Morgan fingerprint density at radius 2 is 1.95 bits per heavy atom. The van der Waals surface area contributed by atoms with E-state index in [0.717, 1.165) is 18.2 Å². The van der Waals surface area contributed by atoms with Crippen LogP contribution >= 0.6 is 11.6 Å². The van der Waals surface area contributed by atoms with Gasteiger partial charge in [0.05, 0.1) is 5.02 Å². The van der Waals surface area contributed by atoms with Crippen molar-refractivity contribution >= 4 is 22.4 Å². The molecule has 2 fully saturated rings. The van der Waals surface area contributed by atoms with Gasteiger partial charge in [0.15, 0.2) is 0 Å². The fourth-order valence-electron chi connectivity index (χ4n) is 4.14. The van der Waals surface area contributed by atoms with E-state index in [1.54, 1.807) is 12.3 Å². The number of benzene rings is 1. The van der Waals surface area contributed by atoms with Crippen molar-refractivity contribution in [2.45, 2.75) is 37.8 Å². The summed E-state index contributed by atoms with van der Waals surface area (Å²) in [5, 5.41) is 1.94. The molecule has 1 aromatic carbocycles. The van der Waals surface area contributed by atoms with Gasteiger partial charge in [0, 0.05) is 17.6 Å². The smallest absolute Gasteiger partial charge is 0.255 e. The van der Waals surface area contributed by atoms with Gasteiger partial charge >= 0.3 is 0 Å². The van der Waals surface area contributed by atoms with Gasteiger partial charge in [-0.15, -0.1) is 0 Å². The number of hydrogen-bond acceptors (Lipinski definition) is 3. The van der Waals surface area contributed by atoms with Crippen molar-refractivity contribution in [1.29, 1.82) is 0 Å². The number of H-pyrrole nitrogens is 1. The SMILES string of the molecule is N[C@H]1C[C@H]2CC[C@@H](C1)[C@H]2Oc1cc2cc[nH]c(=O)c2cc1Cl. The number of ether oxygens (including phenoxy) is 1. The summed E-state index contributed by atoms with van der Waals surface area (Å²) in [6, 6.07) is 5.75. The number of rotatable bonds is 2. The van der Waals surface area contributed by atoms with Crippen molar-refractivity contribution in [3.05, 3.63) is 39.8 Å². The Morgan fingerprint density at radius 3 is 2.68 bits per heavy atom. The molecule has 116 valence electrons. The van der Waals surface area contributed by atoms with E-state index in [2.05, 4.69) is 4.98 Å². The Labute approximate surface area is 133 Å². The highest BCUT2D eigenvalue weighted by Gasteiger charge is 2.43. The molecule has 2 saturated carbocycles. The van der Waals surface area contributed by atoms with Gasteiger partial charge in [-0.2, -0.15) is 0 Å². The van der Waals surface area contributed by atoms with E-state index in [0.29, 0.717) is 34.0 Å². The van der Waals surface area contributed by atoms with Crippen molar-refractivity contribution in [1.82, 2.24) is 4.98 Å².